The van der Waals surface area contributed by atoms with E-state index in [-0.39, 0.29) is 19.0 Å². The van der Waals surface area contributed by atoms with Crippen molar-refractivity contribution in [3.63, 3.8) is 0 Å². The van der Waals surface area contributed by atoms with Gasteiger partial charge in [0.05, 0.1) is 11.0 Å². The summed E-state index contributed by atoms with van der Waals surface area (Å²) < 4.78 is 73.3. The Hall–Kier alpha value is -1.85. The first-order chi connectivity index (χ1) is 17.2. The monoisotopic (exact) mass is 466 g/mol. The molecule has 0 spiro atoms. The van der Waals surface area contributed by atoms with Crippen LogP contribution in [0.15, 0.2) is 23.9 Å². The van der Waals surface area contributed by atoms with Crippen molar-refractivity contribution in [3.8, 4) is 0 Å². The first kappa shape index (κ1) is 19.5. The predicted molar refractivity (Wildman–Crippen MR) is 123 cm³/mol. The van der Waals surface area contributed by atoms with Crippen LogP contribution in [0.25, 0.3) is 0 Å². The number of amides is 1. The van der Waals surface area contributed by atoms with E-state index in [0.29, 0.717) is 42.9 Å². The molecule has 2 heterocycles. The van der Waals surface area contributed by atoms with Gasteiger partial charge in [0.25, 0.3) is 0 Å². The quantitative estimate of drug-likeness (QED) is 0.450. The maximum Gasteiger partial charge on any atom is 0.417 e. The molecule has 182 valence electrons. The van der Waals surface area contributed by atoms with E-state index in [4.69, 9.17) is 5.48 Å². The Labute approximate surface area is 201 Å². The molecule has 1 amide bonds. The van der Waals surface area contributed by atoms with E-state index < -0.39 is 35.8 Å². The number of pyridine rings is 1. The molecule has 1 aliphatic heterocycles. The highest BCUT2D eigenvalue weighted by Crippen LogP contribution is 2.51. The van der Waals surface area contributed by atoms with E-state index in [9.17, 15) is 18.0 Å². The van der Waals surface area contributed by atoms with E-state index in [1.54, 1.807) is 0 Å². The Morgan fingerprint density at radius 2 is 2.09 bits per heavy atom. The summed E-state index contributed by atoms with van der Waals surface area (Å²) in [6, 6.07) is 1.04. The second kappa shape index (κ2) is 9.42. The Balaban J connectivity index is 1.58. The van der Waals surface area contributed by atoms with Crippen molar-refractivity contribution in [2.75, 3.05) is 6.54 Å². The molecule has 2 saturated carbocycles. The van der Waals surface area contributed by atoms with Crippen molar-refractivity contribution in [1.82, 2.24) is 9.88 Å². The van der Waals surface area contributed by atoms with Gasteiger partial charge in [-0.2, -0.15) is 13.2 Å². The molecular weight excluding hydrogens is 425 g/mol. The highest BCUT2D eigenvalue weighted by atomic mass is 19.4. The van der Waals surface area contributed by atoms with Gasteiger partial charge in [-0.25, -0.2) is 0 Å². The molecule has 0 aromatic carbocycles. The zero-order chi connectivity index (χ0) is 27.2. The Morgan fingerprint density at radius 1 is 1.33 bits per heavy atom. The second-order valence-corrected chi connectivity index (χ2v) is 10.2. The molecule has 0 saturated heterocycles. The lowest BCUT2D eigenvalue weighted by atomic mass is 9.72. The lowest BCUT2D eigenvalue weighted by molar-refractivity contribution is -0.146. The predicted octanol–water partition coefficient (Wildman–Crippen LogP) is 6.95. The molecule has 1 aromatic heterocycles. The van der Waals surface area contributed by atoms with Crippen molar-refractivity contribution in [1.29, 1.82) is 0 Å². The number of aromatic nitrogens is 1. The molecule has 0 N–H and O–H groups in total. The summed E-state index contributed by atoms with van der Waals surface area (Å²) >= 11 is 0. The van der Waals surface area contributed by atoms with Crippen molar-refractivity contribution in [2.45, 2.75) is 91.2 Å². The standard InChI is InChI=1S/C27H37F3N2O/c1-4-19-5-7-20(8-6-19)13-21-9-11-26(15-21,18(2)3)25(33)32-12-10-24-22(17-32)14-23(16-31-24)27(28,29)30/h4,14,16,18,20-21H,5-13,15,17H2,1-3H3/t20?,21-,26-/m0/s1/i2D3,18D/t18?,20?,21-,26-. The van der Waals surface area contributed by atoms with E-state index in [1.807, 2.05) is 0 Å². The molecule has 1 aromatic rings. The van der Waals surface area contributed by atoms with Crippen LogP contribution in [0, 0.1) is 23.1 Å². The number of nitrogens with zero attached hydrogens (tertiary/aromatic N) is 2. The van der Waals surface area contributed by atoms with Gasteiger partial charge in [-0.1, -0.05) is 25.4 Å². The van der Waals surface area contributed by atoms with Crippen LogP contribution in [0.3, 0.4) is 0 Å². The fraction of sp³-hybridized carbons (Fsp3) is 0.704. The SMILES string of the molecule is [2H]C([2H])([2H])C([2H])(C)[C@]1(C(=O)N2CCc3ncc(C(F)(F)F)cc3C2)CC[C@@H](CC2CCC(=CC)CC2)C1. The molecule has 0 bridgehead atoms. The van der Waals surface area contributed by atoms with Gasteiger partial charge in [-0.15, -0.1) is 0 Å². The number of hydrogen-bond donors (Lipinski definition) is 0. The van der Waals surface area contributed by atoms with E-state index in [1.165, 1.54) is 17.4 Å². The molecule has 3 atom stereocenters. The highest BCUT2D eigenvalue weighted by Gasteiger charge is 2.49. The van der Waals surface area contributed by atoms with Gasteiger partial charge in [0, 0.05) is 36.9 Å². The van der Waals surface area contributed by atoms with Crippen LogP contribution in [0.2, 0.25) is 0 Å². The van der Waals surface area contributed by atoms with Crippen molar-refractivity contribution < 1.29 is 23.4 Å². The molecule has 3 nitrogen and oxygen atoms in total. The van der Waals surface area contributed by atoms with Gasteiger partial charge in [0.15, 0.2) is 0 Å². The molecule has 2 fully saturated rings. The summed E-state index contributed by atoms with van der Waals surface area (Å²) in [5.74, 6) is -1.74. The minimum Gasteiger partial charge on any atom is -0.337 e. The average Bonchev–Trinajstić information content (AvgIpc) is 3.27. The second-order valence-electron chi connectivity index (χ2n) is 10.2. The number of rotatable bonds is 4. The topological polar surface area (TPSA) is 33.2 Å². The molecule has 2 aliphatic carbocycles. The third-order valence-corrected chi connectivity index (χ3v) is 8.22. The van der Waals surface area contributed by atoms with Gasteiger partial charge in [-0.3, -0.25) is 9.78 Å². The van der Waals surface area contributed by atoms with Crippen LogP contribution in [0.4, 0.5) is 13.2 Å². The molecule has 1 unspecified atom stereocenters. The van der Waals surface area contributed by atoms with Gasteiger partial charge in [-0.05, 0) is 87.6 Å². The largest absolute Gasteiger partial charge is 0.417 e. The summed E-state index contributed by atoms with van der Waals surface area (Å²) in [5.41, 5.74) is 0.0670. The Kier molecular flexibility index (Phi) is 5.55. The van der Waals surface area contributed by atoms with Crippen LogP contribution >= 0.6 is 0 Å². The van der Waals surface area contributed by atoms with Gasteiger partial charge >= 0.3 is 6.18 Å². The zero-order valence-electron chi connectivity index (χ0n) is 23.6. The summed E-state index contributed by atoms with van der Waals surface area (Å²) in [5, 5.41) is 0. The zero-order valence-corrected chi connectivity index (χ0v) is 19.6. The normalized spacial score (nSPS) is 32.2. The van der Waals surface area contributed by atoms with Gasteiger partial charge in [0.2, 0.25) is 5.91 Å². The molecule has 33 heavy (non-hydrogen) atoms. The summed E-state index contributed by atoms with van der Waals surface area (Å²) in [4.78, 5) is 19.6. The third-order valence-electron chi connectivity index (χ3n) is 8.22. The average molecular weight is 467 g/mol. The van der Waals surface area contributed by atoms with E-state index in [0.717, 1.165) is 44.4 Å². The minimum absolute atomic E-state index is 0.0522. The maximum atomic E-state index is 14.1. The summed E-state index contributed by atoms with van der Waals surface area (Å²) in [7, 11) is 0. The van der Waals surface area contributed by atoms with Crippen LogP contribution in [0.5, 0.6) is 0 Å². The van der Waals surface area contributed by atoms with E-state index >= 15 is 0 Å². The van der Waals surface area contributed by atoms with E-state index in [2.05, 4.69) is 18.0 Å². The number of alkyl halides is 3. The van der Waals surface area contributed by atoms with Crippen LogP contribution in [-0.2, 0) is 23.9 Å². The fourth-order valence-corrected chi connectivity index (χ4v) is 6.15. The first-order valence-electron chi connectivity index (χ1n) is 14.2. The van der Waals surface area contributed by atoms with Crippen LogP contribution in [-0.4, -0.2) is 22.3 Å². The third kappa shape index (κ3) is 5.00. The molecule has 0 radical (unpaired) electrons. The Morgan fingerprint density at radius 3 is 2.76 bits per heavy atom. The van der Waals surface area contributed by atoms with Crippen molar-refractivity contribution in [2.24, 2.45) is 23.1 Å². The smallest absolute Gasteiger partial charge is 0.337 e. The molecule has 3 aliphatic rings. The number of carbonyl (C=O) groups is 1. The summed E-state index contributed by atoms with van der Waals surface area (Å²) in [6.45, 7) is 0.934. The molecular formula is C27H37F3N2O. The number of hydrogen-bond acceptors (Lipinski definition) is 2. The highest BCUT2D eigenvalue weighted by molar-refractivity contribution is 5.83. The van der Waals surface area contributed by atoms with Crippen LogP contribution < -0.4 is 0 Å². The van der Waals surface area contributed by atoms with Gasteiger partial charge < -0.3 is 4.90 Å². The molecule has 6 heteroatoms. The fourth-order valence-electron chi connectivity index (χ4n) is 6.15. The summed E-state index contributed by atoms with van der Waals surface area (Å²) in [6.07, 6.45) is 5.35. The first-order valence-corrected chi connectivity index (χ1v) is 12.2. The van der Waals surface area contributed by atoms with Crippen molar-refractivity contribution >= 4 is 5.91 Å². The minimum atomic E-state index is -4.54. The van der Waals surface area contributed by atoms with Crippen molar-refractivity contribution in [3.05, 3.63) is 40.7 Å². The number of halogens is 3. The molecule has 4 rings (SSSR count). The lowest BCUT2D eigenvalue weighted by Crippen LogP contribution is -2.47. The van der Waals surface area contributed by atoms with Crippen LogP contribution in [0.1, 0.15) is 94.4 Å². The number of fused-ring (bicyclic) bond motifs is 1. The maximum absolute atomic E-state index is 14.1. The number of allylic oxidation sites excluding steroid dienone is 2. The number of carbonyl (C=O) groups excluding carboxylic acids is 1. The Bertz CT molecular complexity index is 1040. The lowest BCUT2D eigenvalue weighted by Gasteiger charge is -2.39. The van der Waals surface area contributed by atoms with Gasteiger partial charge in [0.1, 0.15) is 0 Å².